The Morgan fingerprint density at radius 1 is 1.06 bits per heavy atom. The fraction of sp³-hybridized carbons (Fsp3) is 0.200. The lowest BCUT2D eigenvalue weighted by Crippen LogP contribution is -2.03. The van der Waals surface area contributed by atoms with Gasteiger partial charge < -0.3 is 10.7 Å². The van der Waals surface area contributed by atoms with Crippen molar-refractivity contribution in [2.24, 2.45) is 5.73 Å². The van der Waals surface area contributed by atoms with E-state index in [0.29, 0.717) is 6.54 Å². The maximum atomic E-state index is 5.68. The van der Waals surface area contributed by atoms with Gasteiger partial charge in [0.15, 0.2) is 0 Å². The monoisotopic (exact) mass is 224 g/mol. The third-order valence-corrected chi connectivity index (χ3v) is 3.41. The van der Waals surface area contributed by atoms with Crippen LogP contribution >= 0.6 is 0 Å². The maximum absolute atomic E-state index is 5.68. The number of fused-ring (bicyclic) bond motifs is 3. The van der Waals surface area contributed by atoms with E-state index in [2.05, 4.69) is 48.3 Å². The van der Waals surface area contributed by atoms with Crippen LogP contribution in [0.1, 0.15) is 11.3 Å². The number of nitrogens with two attached hydrogens (primary N) is 1. The predicted octanol–water partition coefficient (Wildman–Crippen LogP) is 3.13. The summed E-state index contributed by atoms with van der Waals surface area (Å²) >= 11 is 0. The minimum atomic E-state index is 0.695. The van der Waals surface area contributed by atoms with Gasteiger partial charge in [-0.2, -0.15) is 0 Å². The maximum Gasteiger partial charge on any atom is 0.0538 e. The molecule has 86 valence electrons. The van der Waals surface area contributed by atoms with Crippen molar-refractivity contribution in [3.63, 3.8) is 0 Å². The summed E-state index contributed by atoms with van der Waals surface area (Å²) in [4.78, 5) is 3.50. The number of H-pyrrole nitrogens is 1. The van der Waals surface area contributed by atoms with E-state index < -0.39 is 0 Å². The van der Waals surface area contributed by atoms with Gasteiger partial charge in [0, 0.05) is 16.5 Å². The van der Waals surface area contributed by atoms with Gasteiger partial charge in [0.25, 0.3) is 0 Å². The molecule has 0 fully saturated rings. The molecule has 3 N–H and O–H groups in total. The Kier molecular flexibility index (Phi) is 2.37. The Morgan fingerprint density at radius 3 is 2.71 bits per heavy atom. The smallest absolute Gasteiger partial charge is 0.0538 e. The molecule has 0 unspecified atom stereocenters. The fourth-order valence-electron chi connectivity index (χ4n) is 2.59. The summed E-state index contributed by atoms with van der Waals surface area (Å²) in [6.45, 7) is 2.82. The average Bonchev–Trinajstić information content (AvgIpc) is 2.67. The molecule has 0 radical (unpaired) electrons. The van der Waals surface area contributed by atoms with Gasteiger partial charge in [0.2, 0.25) is 0 Å². The number of rotatable bonds is 2. The van der Waals surface area contributed by atoms with Crippen molar-refractivity contribution < 1.29 is 0 Å². The number of aryl methyl sites for hydroxylation is 1. The van der Waals surface area contributed by atoms with Crippen LogP contribution in [0.15, 0.2) is 36.4 Å². The van der Waals surface area contributed by atoms with Crippen LogP contribution in [0, 0.1) is 6.92 Å². The van der Waals surface area contributed by atoms with Crippen molar-refractivity contribution in [3.05, 3.63) is 47.7 Å². The van der Waals surface area contributed by atoms with Gasteiger partial charge in [-0.15, -0.1) is 0 Å². The van der Waals surface area contributed by atoms with Gasteiger partial charge in [-0.25, -0.2) is 0 Å². The molecule has 1 aromatic heterocycles. The first-order valence-corrected chi connectivity index (χ1v) is 6.00. The molecule has 0 saturated carbocycles. The summed E-state index contributed by atoms with van der Waals surface area (Å²) < 4.78 is 0. The molecule has 0 spiro atoms. The second-order valence-corrected chi connectivity index (χ2v) is 4.48. The molecule has 17 heavy (non-hydrogen) atoms. The van der Waals surface area contributed by atoms with E-state index in [4.69, 9.17) is 5.73 Å². The highest BCUT2D eigenvalue weighted by Gasteiger charge is 2.09. The van der Waals surface area contributed by atoms with Crippen LogP contribution in [0.25, 0.3) is 21.7 Å². The molecule has 2 nitrogen and oxygen atoms in total. The van der Waals surface area contributed by atoms with E-state index in [1.807, 2.05) is 0 Å². The van der Waals surface area contributed by atoms with Gasteiger partial charge in [-0.05, 0) is 30.8 Å². The number of aromatic nitrogens is 1. The molecule has 0 aliphatic heterocycles. The highest BCUT2D eigenvalue weighted by Crippen LogP contribution is 2.29. The molecular formula is C15H16N2. The molecule has 3 rings (SSSR count). The Hall–Kier alpha value is -1.80. The van der Waals surface area contributed by atoms with Gasteiger partial charge >= 0.3 is 0 Å². The minimum absolute atomic E-state index is 0.695. The van der Waals surface area contributed by atoms with Crippen LogP contribution < -0.4 is 5.73 Å². The molecule has 0 bridgehead atoms. The van der Waals surface area contributed by atoms with Crippen LogP contribution in [-0.2, 0) is 6.42 Å². The standard InChI is InChI=1S/C15H16N2/c1-10-12(8-9-16)14-7-6-11-4-2-3-5-13(11)15(14)17-10/h2-7,17H,8-9,16H2,1H3. The van der Waals surface area contributed by atoms with Crippen LogP contribution in [-0.4, -0.2) is 11.5 Å². The fourth-order valence-corrected chi connectivity index (χ4v) is 2.59. The van der Waals surface area contributed by atoms with E-state index in [-0.39, 0.29) is 0 Å². The van der Waals surface area contributed by atoms with Crippen molar-refractivity contribution in [2.75, 3.05) is 6.54 Å². The van der Waals surface area contributed by atoms with E-state index >= 15 is 0 Å². The Bertz CT molecular complexity index is 680. The van der Waals surface area contributed by atoms with E-state index in [9.17, 15) is 0 Å². The van der Waals surface area contributed by atoms with Crippen molar-refractivity contribution in [2.45, 2.75) is 13.3 Å². The zero-order valence-electron chi connectivity index (χ0n) is 9.96. The predicted molar refractivity (Wildman–Crippen MR) is 73.3 cm³/mol. The number of nitrogens with one attached hydrogen (secondary N) is 1. The Labute approximate surface area is 100 Å². The van der Waals surface area contributed by atoms with Crippen LogP contribution in [0.4, 0.5) is 0 Å². The molecular weight excluding hydrogens is 208 g/mol. The van der Waals surface area contributed by atoms with E-state index in [1.165, 1.54) is 32.9 Å². The highest BCUT2D eigenvalue weighted by atomic mass is 14.7. The average molecular weight is 224 g/mol. The molecule has 0 saturated heterocycles. The SMILES string of the molecule is Cc1[nH]c2c(ccc3ccccc32)c1CCN. The molecule has 0 aliphatic carbocycles. The van der Waals surface area contributed by atoms with Gasteiger partial charge in [0.05, 0.1) is 5.52 Å². The van der Waals surface area contributed by atoms with Crippen molar-refractivity contribution in [1.29, 1.82) is 0 Å². The Balaban J connectivity index is 2.40. The summed E-state index contributed by atoms with van der Waals surface area (Å²) in [6.07, 6.45) is 0.935. The third-order valence-electron chi connectivity index (χ3n) is 3.41. The van der Waals surface area contributed by atoms with Crippen LogP contribution in [0.3, 0.4) is 0 Å². The van der Waals surface area contributed by atoms with Gasteiger partial charge in [-0.1, -0.05) is 36.4 Å². The first-order chi connectivity index (χ1) is 8.31. The quantitative estimate of drug-likeness (QED) is 0.690. The second kappa shape index (κ2) is 3.90. The lowest BCUT2D eigenvalue weighted by Gasteiger charge is -2.00. The number of benzene rings is 2. The van der Waals surface area contributed by atoms with E-state index in [0.717, 1.165) is 6.42 Å². The van der Waals surface area contributed by atoms with E-state index in [1.54, 1.807) is 0 Å². The summed E-state index contributed by atoms with van der Waals surface area (Å²) in [7, 11) is 0. The summed E-state index contributed by atoms with van der Waals surface area (Å²) in [5.41, 5.74) is 9.51. The molecule has 0 amide bonds. The van der Waals surface area contributed by atoms with Gasteiger partial charge in [-0.3, -0.25) is 0 Å². The zero-order valence-corrected chi connectivity index (χ0v) is 9.96. The van der Waals surface area contributed by atoms with Crippen LogP contribution in [0.2, 0.25) is 0 Å². The summed E-state index contributed by atoms with van der Waals surface area (Å²) in [6, 6.07) is 12.9. The van der Waals surface area contributed by atoms with Gasteiger partial charge in [0.1, 0.15) is 0 Å². The molecule has 2 heteroatoms. The van der Waals surface area contributed by atoms with Crippen molar-refractivity contribution in [3.8, 4) is 0 Å². The summed E-state index contributed by atoms with van der Waals surface area (Å²) in [5.74, 6) is 0. The largest absolute Gasteiger partial charge is 0.358 e. The molecule has 0 atom stereocenters. The topological polar surface area (TPSA) is 41.8 Å². The Morgan fingerprint density at radius 2 is 1.88 bits per heavy atom. The third kappa shape index (κ3) is 1.53. The normalized spacial score (nSPS) is 11.4. The van der Waals surface area contributed by atoms with Crippen molar-refractivity contribution >= 4 is 21.7 Å². The molecule has 2 aromatic carbocycles. The first-order valence-electron chi connectivity index (χ1n) is 6.00. The number of hydrogen-bond donors (Lipinski definition) is 2. The number of hydrogen-bond acceptors (Lipinski definition) is 1. The lowest BCUT2D eigenvalue weighted by molar-refractivity contribution is 0.963. The highest BCUT2D eigenvalue weighted by molar-refractivity contribution is 6.07. The molecule has 0 aliphatic rings. The lowest BCUT2D eigenvalue weighted by atomic mass is 10.0. The molecule has 1 heterocycles. The number of aromatic amines is 1. The summed E-state index contributed by atoms with van der Waals surface area (Å²) in [5, 5.41) is 3.88. The zero-order chi connectivity index (χ0) is 11.8. The minimum Gasteiger partial charge on any atom is -0.358 e. The van der Waals surface area contributed by atoms with Crippen LogP contribution in [0.5, 0.6) is 0 Å². The first kappa shape index (κ1) is 10.4. The molecule has 3 aromatic rings. The second-order valence-electron chi connectivity index (χ2n) is 4.48. The van der Waals surface area contributed by atoms with Crippen molar-refractivity contribution in [1.82, 2.24) is 4.98 Å².